The van der Waals surface area contributed by atoms with Crippen LogP contribution in [0.3, 0.4) is 0 Å². The number of pyridine rings is 1. The first-order chi connectivity index (χ1) is 15.8. The zero-order chi connectivity index (χ0) is 23.6. The van der Waals surface area contributed by atoms with Crippen molar-refractivity contribution in [3.63, 3.8) is 0 Å². The minimum Gasteiger partial charge on any atom is -0.368 e. The number of rotatable bonds is 8. The van der Waals surface area contributed by atoms with Crippen LogP contribution in [0.2, 0.25) is 0 Å². The van der Waals surface area contributed by atoms with Crippen LogP contribution >= 0.6 is 0 Å². The monoisotopic (exact) mass is 472 g/mol. The van der Waals surface area contributed by atoms with Crippen LogP contribution in [0.25, 0.3) is 11.0 Å². The number of nitrogens with zero attached hydrogens (tertiary/aromatic N) is 6. The van der Waals surface area contributed by atoms with E-state index in [2.05, 4.69) is 40.3 Å². The second kappa shape index (κ2) is 9.60. The molecule has 1 fully saturated rings. The van der Waals surface area contributed by atoms with Crippen molar-refractivity contribution >= 4 is 32.8 Å². The lowest BCUT2D eigenvalue weighted by Gasteiger charge is -2.30. The Balaban J connectivity index is 1.53. The second-order valence-electron chi connectivity index (χ2n) is 8.72. The molecule has 3 N–H and O–H groups in total. The zero-order valence-corrected chi connectivity index (χ0v) is 20.3. The molecule has 4 heterocycles. The first-order valence-corrected chi connectivity index (χ1v) is 13.2. The summed E-state index contributed by atoms with van der Waals surface area (Å²) >= 11 is 0. The number of nitrogen functional groups attached to an aromatic ring is 1. The van der Waals surface area contributed by atoms with Gasteiger partial charge in [0.25, 0.3) is 0 Å². The van der Waals surface area contributed by atoms with Crippen molar-refractivity contribution in [2.45, 2.75) is 52.0 Å². The topological polar surface area (TPSA) is 132 Å². The lowest BCUT2D eigenvalue weighted by atomic mass is 9.90. The number of nitrogens with two attached hydrogens (primary N) is 1. The summed E-state index contributed by atoms with van der Waals surface area (Å²) in [5, 5.41) is 7.88. The van der Waals surface area contributed by atoms with E-state index in [-0.39, 0.29) is 5.95 Å². The van der Waals surface area contributed by atoms with E-state index in [9.17, 15) is 8.42 Å². The fraction of sp³-hybridized carbons (Fsp3) is 0.545. The molecule has 33 heavy (non-hydrogen) atoms. The smallest absolute Gasteiger partial charge is 0.222 e. The van der Waals surface area contributed by atoms with Gasteiger partial charge in [-0.05, 0) is 43.2 Å². The van der Waals surface area contributed by atoms with E-state index in [1.165, 1.54) is 6.26 Å². The number of hydrogen-bond donors (Lipinski definition) is 2. The predicted octanol–water partition coefficient (Wildman–Crippen LogP) is 2.51. The summed E-state index contributed by atoms with van der Waals surface area (Å²) in [6.45, 7) is 6.61. The third kappa shape index (κ3) is 5.25. The number of fused-ring (bicyclic) bond motifs is 1. The summed E-state index contributed by atoms with van der Waals surface area (Å²) in [7, 11) is -3.12. The van der Waals surface area contributed by atoms with Crippen molar-refractivity contribution in [1.29, 1.82) is 0 Å². The van der Waals surface area contributed by atoms with Crippen LogP contribution in [-0.2, 0) is 16.6 Å². The third-order valence-corrected chi connectivity index (χ3v) is 7.53. The normalized spacial score (nSPS) is 15.8. The van der Waals surface area contributed by atoms with Gasteiger partial charge in [-0.3, -0.25) is 9.67 Å². The molecule has 3 aromatic heterocycles. The Morgan fingerprint density at radius 2 is 1.97 bits per heavy atom. The largest absolute Gasteiger partial charge is 0.368 e. The number of sulfonamides is 1. The average Bonchev–Trinajstić information content (AvgIpc) is 3.17. The maximum Gasteiger partial charge on any atom is 0.222 e. The van der Waals surface area contributed by atoms with Crippen LogP contribution < -0.4 is 11.1 Å². The fourth-order valence-corrected chi connectivity index (χ4v) is 5.19. The molecule has 0 unspecified atom stereocenters. The zero-order valence-electron chi connectivity index (χ0n) is 19.5. The number of nitrogens with one attached hydrogen (secondary N) is 1. The van der Waals surface area contributed by atoms with Crippen molar-refractivity contribution in [1.82, 2.24) is 29.0 Å². The van der Waals surface area contributed by atoms with Crippen LogP contribution in [0.4, 0.5) is 11.8 Å². The van der Waals surface area contributed by atoms with Gasteiger partial charge in [-0.25, -0.2) is 17.7 Å². The van der Waals surface area contributed by atoms with E-state index in [1.54, 1.807) is 10.5 Å². The van der Waals surface area contributed by atoms with E-state index in [0.29, 0.717) is 36.9 Å². The first-order valence-electron chi connectivity index (χ1n) is 11.4. The van der Waals surface area contributed by atoms with Gasteiger partial charge < -0.3 is 11.1 Å². The van der Waals surface area contributed by atoms with E-state index in [4.69, 9.17) is 10.7 Å². The van der Waals surface area contributed by atoms with Gasteiger partial charge in [-0.2, -0.15) is 10.1 Å². The predicted molar refractivity (Wildman–Crippen MR) is 130 cm³/mol. The Hall–Kier alpha value is -2.79. The van der Waals surface area contributed by atoms with Gasteiger partial charge in [0, 0.05) is 25.8 Å². The first kappa shape index (κ1) is 23.4. The summed E-state index contributed by atoms with van der Waals surface area (Å²) in [6, 6.07) is 2.17. The molecule has 0 aromatic carbocycles. The summed E-state index contributed by atoms with van der Waals surface area (Å²) in [4.78, 5) is 13.5. The van der Waals surface area contributed by atoms with Gasteiger partial charge in [-0.1, -0.05) is 19.4 Å². The Kier molecular flexibility index (Phi) is 6.80. The molecule has 0 saturated carbocycles. The number of hydrogen-bond acceptors (Lipinski definition) is 8. The molecule has 0 amide bonds. The van der Waals surface area contributed by atoms with Crippen molar-refractivity contribution in [3.8, 4) is 0 Å². The Morgan fingerprint density at radius 1 is 1.21 bits per heavy atom. The van der Waals surface area contributed by atoms with Crippen molar-refractivity contribution in [2.75, 3.05) is 36.9 Å². The number of unbranched alkanes of at least 4 members (excludes halogenated alkanes) is 1. The molecule has 1 aliphatic rings. The van der Waals surface area contributed by atoms with E-state index >= 15 is 0 Å². The molecule has 11 heteroatoms. The van der Waals surface area contributed by atoms with Gasteiger partial charge >= 0.3 is 0 Å². The fourth-order valence-electron chi connectivity index (χ4n) is 4.32. The second-order valence-corrected chi connectivity index (χ2v) is 10.7. The minimum absolute atomic E-state index is 0.224. The highest BCUT2D eigenvalue weighted by molar-refractivity contribution is 7.88. The number of aromatic nitrogens is 5. The van der Waals surface area contributed by atoms with Gasteiger partial charge in [-0.15, -0.1) is 0 Å². The van der Waals surface area contributed by atoms with Crippen LogP contribution in [0.1, 0.15) is 55.3 Å². The van der Waals surface area contributed by atoms with Gasteiger partial charge in [0.05, 0.1) is 24.7 Å². The van der Waals surface area contributed by atoms with Crippen LogP contribution in [0.15, 0.2) is 18.5 Å². The molecule has 0 aliphatic carbocycles. The molecule has 178 valence electrons. The van der Waals surface area contributed by atoms with E-state index < -0.39 is 10.0 Å². The molecule has 0 spiro atoms. The highest BCUT2D eigenvalue weighted by Gasteiger charge is 2.26. The van der Waals surface area contributed by atoms with Crippen molar-refractivity contribution < 1.29 is 8.42 Å². The molecular formula is C22H32N8O2S. The summed E-state index contributed by atoms with van der Waals surface area (Å²) < 4.78 is 27.0. The van der Waals surface area contributed by atoms with Crippen LogP contribution in [-0.4, -0.2) is 63.3 Å². The maximum atomic E-state index is 11.8. The molecule has 1 aliphatic heterocycles. The maximum absolute atomic E-state index is 11.8. The van der Waals surface area contributed by atoms with Gasteiger partial charge in [0.2, 0.25) is 16.0 Å². The van der Waals surface area contributed by atoms with Gasteiger partial charge in [0.15, 0.2) is 5.82 Å². The van der Waals surface area contributed by atoms with E-state index in [0.717, 1.165) is 54.6 Å². The molecular weight excluding hydrogens is 440 g/mol. The van der Waals surface area contributed by atoms with E-state index in [1.807, 2.05) is 10.9 Å². The highest BCUT2D eigenvalue weighted by Crippen LogP contribution is 2.30. The van der Waals surface area contributed by atoms with Crippen LogP contribution in [0, 0.1) is 6.92 Å². The lowest BCUT2D eigenvalue weighted by Crippen LogP contribution is -2.37. The summed E-state index contributed by atoms with van der Waals surface area (Å²) in [6.07, 6.45) is 8.63. The van der Waals surface area contributed by atoms with Crippen LogP contribution in [0.5, 0.6) is 0 Å². The lowest BCUT2D eigenvalue weighted by molar-refractivity contribution is 0.321. The van der Waals surface area contributed by atoms with Gasteiger partial charge in [0.1, 0.15) is 11.0 Å². The molecule has 10 nitrogen and oxygen atoms in total. The third-order valence-electron chi connectivity index (χ3n) is 6.23. The summed E-state index contributed by atoms with van der Waals surface area (Å²) in [5.74, 6) is 1.23. The SMILES string of the molecule is CCCCNc1nc(N)nc2cnn(Cc3ncc(C4CCN(S(C)(=O)=O)CC4)cc3C)c12. The Morgan fingerprint density at radius 3 is 2.64 bits per heavy atom. The molecule has 3 aromatic rings. The standard InChI is InChI=1S/C22H32N8O2S/c1-4-5-8-24-21-20-18(27-22(23)28-21)13-26-30(20)14-19-15(2)11-17(12-25-19)16-6-9-29(10-7-16)33(3,31)32/h11-13,16H,4-10,14H2,1-3H3,(H3,23,24,27,28). The Labute approximate surface area is 194 Å². The van der Waals surface area contributed by atoms with Crippen molar-refractivity contribution in [2.24, 2.45) is 0 Å². The molecule has 0 radical (unpaired) electrons. The van der Waals surface area contributed by atoms with Crippen molar-refractivity contribution in [3.05, 3.63) is 35.3 Å². The minimum atomic E-state index is -3.12. The number of piperidine rings is 1. The quantitative estimate of drug-likeness (QED) is 0.478. The molecule has 1 saturated heterocycles. The highest BCUT2D eigenvalue weighted by atomic mass is 32.2. The number of anilines is 2. The number of aryl methyl sites for hydroxylation is 1. The molecule has 0 atom stereocenters. The summed E-state index contributed by atoms with van der Waals surface area (Å²) in [5.41, 5.74) is 10.6. The molecule has 4 rings (SSSR count). The molecule has 0 bridgehead atoms. The Bertz CT molecular complexity index is 1230. The average molecular weight is 473 g/mol.